The van der Waals surface area contributed by atoms with Crippen LogP contribution in [0.2, 0.25) is 0 Å². The van der Waals surface area contributed by atoms with E-state index in [9.17, 15) is 0 Å². The fourth-order valence-electron chi connectivity index (χ4n) is 2.26. The van der Waals surface area contributed by atoms with Gasteiger partial charge in [0.15, 0.2) is 0 Å². The second-order valence-electron chi connectivity index (χ2n) is 6.28. The van der Waals surface area contributed by atoms with Crippen molar-refractivity contribution in [3.05, 3.63) is 64.1 Å². The van der Waals surface area contributed by atoms with Crippen molar-refractivity contribution in [1.29, 1.82) is 0 Å². The summed E-state index contributed by atoms with van der Waals surface area (Å²) >= 11 is 3.56. The van der Waals surface area contributed by atoms with E-state index in [0.29, 0.717) is 6.54 Å². The molecular weight excluding hydrogens is 324 g/mol. The van der Waals surface area contributed by atoms with Crippen LogP contribution >= 0.6 is 15.9 Å². The average molecular weight is 347 g/mol. The average Bonchev–Trinajstić information content (AvgIpc) is 2.46. The molecule has 2 aromatic rings. The minimum Gasteiger partial charge on any atom is -0.376 e. The first-order valence-corrected chi connectivity index (χ1v) is 8.02. The quantitative estimate of drug-likeness (QED) is 0.829. The van der Waals surface area contributed by atoms with Crippen LogP contribution in [-0.2, 0) is 5.41 Å². The molecule has 0 bridgehead atoms. The third-order valence-electron chi connectivity index (χ3n) is 3.62. The molecule has 0 saturated carbocycles. The molecule has 0 amide bonds. The first-order chi connectivity index (χ1) is 9.91. The molecule has 0 aliphatic rings. The summed E-state index contributed by atoms with van der Waals surface area (Å²) in [6, 6.07) is 16.9. The monoisotopic (exact) mass is 346 g/mol. The number of para-hydroxylation sites is 1. The number of anilines is 1. The topological polar surface area (TPSA) is 38.0 Å². The molecule has 1 unspecified atom stereocenters. The summed E-state index contributed by atoms with van der Waals surface area (Å²) in [5, 5.41) is 3.50. The van der Waals surface area contributed by atoms with Crippen LogP contribution in [0.25, 0.3) is 0 Å². The number of rotatable bonds is 4. The van der Waals surface area contributed by atoms with E-state index in [1.165, 1.54) is 11.1 Å². The molecule has 2 aromatic carbocycles. The predicted octanol–water partition coefficient (Wildman–Crippen LogP) is 4.86. The van der Waals surface area contributed by atoms with Crippen LogP contribution in [0, 0.1) is 0 Å². The zero-order valence-electron chi connectivity index (χ0n) is 12.9. The highest BCUT2D eigenvalue weighted by molar-refractivity contribution is 9.10. The third-order valence-corrected chi connectivity index (χ3v) is 4.31. The van der Waals surface area contributed by atoms with E-state index < -0.39 is 0 Å². The standard InChI is InChI=1S/C18H23BrN2/c1-18(2,3)14-10-8-13(9-11-14)17(12-20)21-16-7-5-4-6-15(16)19/h4-11,17,21H,12,20H2,1-3H3. The summed E-state index contributed by atoms with van der Waals surface area (Å²) in [5.74, 6) is 0. The number of halogens is 1. The molecule has 3 N–H and O–H groups in total. The molecule has 3 heteroatoms. The maximum absolute atomic E-state index is 5.95. The van der Waals surface area contributed by atoms with Gasteiger partial charge in [0.1, 0.15) is 0 Å². The number of hydrogen-bond acceptors (Lipinski definition) is 2. The van der Waals surface area contributed by atoms with Crippen LogP contribution in [0.5, 0.6) is 0 Å². The molecule has 0 heterocycles. The summed E-state index contributed by atoms with van der Waals surface area (Å²) in [5.41, 5.74) is 9.73. The lowest BCUT2D eigenvalue weighted by atomic mass is 9.86. The second-order valence-corrected chi connectivity index (χ2v) is 7.14. The zero-order valence-corrected chi connectivity index (χ0v) is 14.4. The van der Waals surface area contributed by atoms with Gasteiger partial charge in [-0.05, 0) is 44.6 Å². The van der Waals surface area contributed by atoms with E-state index in [0.717, 1.165) is 10.2 Å². The first kappa shape index (κ1) is 16.1. The molecular formula is C18H23BrN2. The van der Waals surface area contributed by atoms with Crippen molar-refractivity contribution in [2.45, 2.75) is 32.2 Å². The highest BCUT2D eigenvalue weighted by atomic mass is 79.9. The van der Waals surface area contributed by atoms with Crippen molar-refractivity contribution in [2.24, 2.45) is 5.73 Å². The normalized spacial score (nSPS) is 13.0. The van der Waals surface area contributed by atoms with Gasteiger partial charge in [0.05, 0.1) is 6.04 Å². The molecule has 0 aliphatic heterocycles. The van der Waals surface area contributed by atoms with Crippen LogP contribution in [0.3, 0.4) is 0 Å². The summed E-state index contributed by atoms with van der Waals surface area (Å²) in [4.78, 5) is 0. The van der Waals surface area contributed by atoms with Gasteiger partial charge in [-0.1, -0.05) is 57.2 Å². The smallest absolute Gasteiger partial charge is 0.0636 e. The Morgan fingerprint density at radius 3 is 2.19 bits per heavy atom. The molecule has 2 rings (SSSR count). The van der Waals surface area contributed by atoms with Crippen LogP contribution in [0.15, 0.2) is 53.0 Å². The Balaban J connectivity index is 2.20. The van der Waals surface area contributed by atoms with Gasteiger partial charge >= 0.3 is 0 Å². The second kappa shape index (κ2) is 6.63. The van der Waals surface area contributed by atoms with E-state index >= 15 is 0 Å². The molecule has 21 heavy (non-hydrogen) atoms. The highest BCUT2D eigenvalue weighted by Crippen LogP contribution is 2.28. The maximum atomic E-state index is 5.95. The number of benzene rings is 2. The maximum Gasteiger partial charge on any atom is 0.0636 e. The van der Waals surface area contributed by atoms with Crippen molar-refractivity contribution in [2.75, 3.05) is 11.9 Å². The lowest BCUT2D eigenvalue weighted by Gasteiger charge is -2.22. The van der Waals surface area contributed by atoms with Crippen molar-refractivity contribution in [3.8, 4) is 0 Å². The highest BCUT2D eigenvalue weighted by Gasteiger charge is 2.15. The van der Waals surface area contributed by atoms with Gasteiger partial charge in [-0.25, -0.2) is 0 Å². The molecule has 2 nitrogen and oxygen atoms in total. The van der Waals surface area contributed by atoms with Crippen LogP contribution in [0.4, 0.5) is 5.69 Å². The van der Waals surface area contributed by atoms with Crippen LogP contribution in [-0.4, -0.2) is 6.54 Å². The van der Waals surface area contributed by atoms with Crippen LogP contribution < -0.4 is 11.1 Å². The zero-order chi connectivity index (χ0) is 15.5. The van der Waals surface area contributed by atoms with Gasteiger partial charge in [-0.15, -0.1) is 0 Å². The van der Waals surface area contributed by atoms with E-state index in [-0.39, 0.29) is 11.5 Å². The van der Waals surface area contributed by atoms with Gasteiger partial charge in [-0.3, -0.25) is 0 Å². The number of nitrogens with two attached hydrogens (primary N) is 1. The lowest BCUT2D eigenvalue weighted by Crippen LogP contribution is -2.21. The fourth-order valence-corrected chi connectivity index (χ4v) is 2.66. The Kier molecular flexibility index (Phi) is 5.07. The van der Waals surface area contributed by atoms with Crippen LogP contribution in [0.1, 0.15) is 37.9 Å². The summed E-state index contributed by atoms with van der Waals surface area (Å²) in [7, 11) is 0. The Labute approximate surface area is 135 Å². The first-order valence-electron chi connectivity index (χ1n) is 7.23. The SMILES string of the molecule is CC(C)(C)c1ccc(C(CN)Nc2ccccc2Br)cc1. The van der Waals surface area contributed by atoms with E-state index in [4.69, 9.17) is 5.73 Å². The van der Waals surface area contributed by atoms with Crippen molar-refractivity contribution in [3.63, 3.8) is 0 Å². The fraction of sp³-hybridized carbons (Fsp3) is 0.333. The van der Waals surface area contributed by atoms with E-state index in [1.54, 1.807) is 0 Å². The van der Waals surface area contributed by atoms with Crippen molar-refractivity contribution < 1.29 is 0 Å². The Hall–Kier alpha value is -1.32. The number of nitrogens with one attached hydrogen (secondary N) is 1. The van der Waals surface area contributed by atoms with Crippen molar-refractivity contribution >= 4 is 21.6 Å². The van der Waals surface area contributed by atoms with E-state index in [1.807, 2.05) is 18.2 Å². The molecule has 0 radical (unpaired) electrons. The molecule has 112 valence electrons. The minimum absolute atomic E-state index is 0.109. The largest absolute Gasteiger partial charge is 0.376 e. The summed E-state index contributed by atoms with van der Waals surface area (Å²) in [6.45, 7) is 7.22. The van der Waals surface area contributed by atoms with Gasteiger partial charge in [0, 0.05) is 16.7 Å². The Morgan fingerprint density at radius 1 is 1.05 bits per heavy atom. The predicted molar refractivity (Wildman–Crippen MR) is 94.7 cm³/mol. The van der Waals surface area contributed by atoms with Gasteiger partial charge in [0.2, 0.25) is 0 Å². The minimum atomic E-state index is 0.109. The summed E-state index contributed by atoms with van der Waals surface area (Å²) in [6.07, 6.45) is 0. The molecule has 0 spiro atoms. The summed E-state index contributed by atoms with van der Waals surface area (Å²) < 4.78 is 1.05. The number of hydrogen-bond donors (Lipinski definition) is 2. The molecule has 1 atom stereocenters. The molecule has 0 saturated heterocycles. The lowest BCUT2D eigenvalue weighted by molar-refractivity contribution is 0.589. The molecule has 0 aliphatic carbocycles. The van der Waals surface area contributed by atoms with Crippen molar-refractivity contribution in [1.82, 2.24) is 0 Å². The van der Waals surface area contributed by atoms with Gasteiger partial charge in [0.25, 0.3) is 0 Å². The molecule has 0 fully saturated rings. The third kappa shape index (κ3) is 4.08. The van der Waals surface area contributed by atoms with Gasteiger partial charge < -0.3 is 11.1 Å². The van der Waals surface area contributed by atoms with E-state index in [2.05, 4.69) is 72.3 Å². The molecule has 0 aromatic heterocycles. The Bertz CT molecular complexity index is 585. The Morgan fingerprint density at radius 2 is 1.67 bits per heavy atom. The van der Waals surface area contributed by atoms with Gasteiger partial charge in [-0.2, -0.15) is 0 Å².